The molecule has 0 saturated carbocycles. The van der Waals surface area contributed by atoms with E-state index in [9.17, 15) is 0 Å². The van der Waals surface area contributed by atoms with Crippen molar-refractivity contribution in [2.24, 2.45) is 0 Å². The van der Waals surface area contributed by atoms with Gasteiger partial charge in [-0.1, -0.05) is 0 Å². The van der Waals surface area contributed by atoms with Gasteiger partial charge in [-0.15, -0.1) is 0 Å². The first-order valence-electron chi connectivity index (χ1n) is 2.37. The van der Waals surface area contributed by atoms with Crippen molar-refractivity contribution in [2.75, 3.05) is 0 Å². The SMILES string of the molecule is OC=C1C=CNC=C1. The summed E-state index contributed by atoms with van der Waals surface area (Å²) >= 11 is 0. The Balaban J connectivity index is 2.69. The first kappa shape index (κ1) is 4.97. The molecule has 0 saturated heterocycles. The number of aliphatic hydroxyl groups is 1. The Morgan fingerprint density at radius 3 is 2.38 bits per heavy atom. The first-order chi connectivity index (χ1) is 3.93. The molecule has 2 nitrogen and oxygen atoms in total. The predicted molar refractivity (Wildman–Crippen MR) is 32.1 cm³/mol. The summed E-state index contributed by atoms with van der Waals surface area (Å²) in [5.41, 5.74) is 0.809. The summed E-state index contributed by atoms with van der Waals surface area (Å²) in [4.78, 5) is 0. The molecule has 2 N–H and O–H groups in total. The fourth-order valence-electron chi connectivity index (χ4n) is 0.486. The molecule has 1 rings (SSSR count). The largest absolute Gasteiger partial charge is 0.515 e. The standard InChI is InChI=1S/C6H7NO/c8-5-6-1-3-7-4-2-6/h1-5,7-8H. The summed E-state index contributed by atoms with van der Waals surface area (Å²) in [6.07, 6.45) is 8.12. The van der Waals surface area contributed by atoms with E-state index in [1.54, 1.807) is 24.6 Å². The summed E-state index contributed by atoms with van der Waals surface area (Å²) in [5.74, 6) is 0. The number of dihydropyridines is 1. The quantitative estimate of drug-likeness (QED) is 0.456. The Labute approximate surface area is 47.8 Å². The molecule has 0 aromatic carbocycles. The van der Waals surface area contributed by atoms with Gasteiger partial charge in [-0.3, -0.25) is 0 Å². The van der Waals surface area contributed by atoms with E-state index in [-0.39, 0.29) is 0 Å². The fourth-order valence-corrected chi connectivity index (χ4v) is 0.486. The fraction of sp³-hybridized carbons (Fsp3) is 0. The molecular weight excluding hydrogens is 102 g/mol. The Morgan fingerprint density at radius 2 is 2.00 bits per heavy atom. The summed E-state index contributed by atoms with van der Waals surface area (Å²) in [7, 11) is 0. The molecule has 0 aromatic heterocycles. The van der Waals surface area contributed by atoms with E-state index < -0.39 is 0 Å². The zero-order valence-corrected chi connectivity index (χ0v) is 4.33. The average Bonchev–Trinajstić information content (AvgIpc) is 1.90. The van der Waals surface area contributed by atoms with E-state index in [1.165, 1.54) is 0 Å². The minimum absolute atomic E-state index is 0.809. The average molecular weight is 109 g/mol. The van der Waals surface area contributed by atoms with Gasteiger partial charge < -0.3 is 10.4 Å². The highest BCUT2D eigenvalue weighted by molar-refractivity contribution is 5.31. The monoisotopic (exact) mass is 109 g/mol. The molecule has 1 heterocycles. The van der Waals surface area contributed by atoms with Crippen molar-refractivity contribution in [3.63, 3.8) is 0 Å². The van der Waals surface area contributed by atoms with E-state index in [4.69, 9.17) is 5.11 Å². The van der Waals surface area contributed by atoms with Crippen LogP contribution in [-0.2, 0) is 0 Å². The van der Waals surface area contributed by atoms with Crippen molar-refractivity contribution < 1.29 is 5.11 Å². The van der Waals surface area contributed by atoms with E-state index in [0.29, 0.717) is 0 Å². The molecule has 8 heavy (non-hydrogen) atoms. The number of allylic oxidation sites excluding steroid dienone is 3. The molecule has 0 bridgehead atoms. The van der Waals surface area contributed by atoms with Crippen LogP contribution in [-0.4, -0.2) is 5.11 Å². The molecule has 0 unspecified atom stereocenters. The van der Waals surface area contributed by atoms with Gasteiger partial charge in [-0.25, -0.2) is 0 Å². The van der Waals surface area contributed by atoms with Gasteiger partial charge in [-0.05, 0) is 12.2 Å². The number of nitrogens with one attached hydrogen (secondary N) is 1. The summed E-state index contributed by atoms with van der Waals surface area (Å²) in [5, 5.41) is 11.2. The summed E-state index contributed by atoms with van der Waals surface area (Å²) in [6.45, 7) is 0. The molecule has 2 heteroatoms. The molecule has 1 aliphatic heterocycles. The van der Waals surface area contributed by atoms with Gasteiger partial charge in [-0.2, -0.15) is 0 Å². The van der Waals surface area contributed by atoms with Crippen LogP contribution < -0.4 is 5.32 Å². The van der Waals surface area contributed by atoms with Gasteiger partial charge in [0.15, 0.2) is 0 Å². The lowest BCUT2D eigenvalue weighted by Crippen LogP contribution is -1.95. The van der Waals surface area contributed by atoms with Gasteiger partial charge in [0.2, 0.25) is 0 Å². The van der Waals surface area contributed by atoms with Gasteiger partial charge in [0.1, 0.15) is 0 Å². The smallest absolute Gasteiger partial charge is 0.0865 e. The van der Waals surface area contributed by atoms with Crippen LogP contribution in [0.15, 0.2) is 36.4 Å². The Morgan fingerprint density at radius 1 is 1.38 bits per heavy atom. The molecule has 0 aliphatic carbocycles. The number of aliphatic hydroxyl groups excluding tert-OH is 1. The highest BCUT2D eigenvalue weighted by Gasteiger charge is 1.86. The van der Waals surface area contributed by atoms with Crippen molar-refractivity contribution in [2.45, 2.75) is 0 Å². The molecule has 0 atom stereocenters. The predicted octanol–water partition coefficient (Wildman–Crippen LogP) is 1.06. The summed E-state index contributed by atoms with van der Waals surface area (Å²) in [6, 6.07) is 0. The highest BCUT2D eigenvalue weighted by Crippen LogP contribution is 1.99. The number of hydrogen-bond acceptors (Lipinski definition) is 2. The Hall–Kier alpha value is -1.18. The van der Waals surface area contributed by atoms with Gasteiger partial charge in [0.05, 0.1) is 6.26 Å². The second-order valence-corrected chi connectivity index (χ2v) is 1.46. The second-order valence-electron chi connectivity index (χ2n) is 1.46. The lowest BCUT2D eigenvalue weighted by molar-refractivity contribution is 0.470. The zero-order valence-electron chi connectivity index (χ0n) is 4.33. The van der Waals surface area contributed by atoms with Crippen LogP contribution in [0.25, 0.3) is 0 Å². The molecule has 0 radical (unpaired) electrons. The van der Waals surface area contributed by atoms with Crippen LogP contribution >= 0.6 is 0 Å². The third-order valence-corrected chi connectivity index (χ3v) is 0.893. The molecule has 0 amide bonds. The lowest BCUT2D eigenvalue weighted by Gasteiger charge is -1.97. The van der Waals surface area contributed by atoms with Crippen LogP contribution in [0.2, 0.25) is 0 Å². The van der Waals surface area contributed by atoms with E-state index in [2.05, 4.69) is 5.32 Å². The van der Waals surface area contributed by atoms with Crippen molar-refractivity contribution in [1.82, 2.24) is 5.32 Å². The normalized spacial score (nSPS) is 15.8. The first-order valence-corrected chi connectivity index (χ1v) is 2.37. The molecule has 42 valence electrons. The molecular formula is C6H7NO. The maximum absolute atomic E-state index is 8.40. The maximum atomic E-state index is 8.40. The Bertz CT molecular complexity index is 142. The van der Waals surface area contributed by atoms with Crippen molar-refractivity contribution in [1.29, 1.82) is 0 Å². The minimum Gasteiger partial charge on any atom is -0.515 e. The van der Waals surface area contributed by atoms with Crippen LogP contribution in [0.3, 0.4) is 0 Å². The molecule has 0 aromatic rings. The Kier molecular flexibility index (Phi) is 1.37. The summed E-state index contributed by atoms with van der Waals surface area (Å²) < 4.78 is 0. The molecule has 0 spiro atoms. The van der Waals surface area contributed by atoms with Crippen LogP contribution in [0.4, 0.5) is 0 Å². The van der Waals surface area contributed by atoms with E-state index in [0.717, 1.165) is 11.8 Å². The highest BCUT2D eigenvalue weighted by atomic mass is 16.2. The minimum atomic E-state index is 0.809. The van der Waals surface area contributed by atoms with Crippen molar-refractivity contribution in [3.05, 3.63) is 36.4 Å². The third-order valence-electron chi connectivity index (χ3n) is 0.893. The second kappa shape index (κ2) is 2.21. The van der Waals surface area contributed by atoms with Gasteiger partial charge >= 0.3 is 0 Å². The number of rotatable bonds is 0. The zero-order chi connectivity index (χ0) is 5.82. The van der Waals surface area contributed by atoms with Crippen LogP contribution in [0.5, 0.6) is 0 Å². The van der Waals surface area contributed by atoms with Crippen molar-refractivity contribution >= 4 is 0 Å². The molecule has 1 aliphatic rings. The molecule has 0 fully saturated rings. The topological polar surface area (TPSA) is 32.3 Å². The third kappa shape index (κ3) is 0.904. The van der Waals surface area contributed by atoms with Crippen molar-refractivity contribution in [3.8, 4) is 0 Å². The van der Waals surface area contributed by atoms with E-state index >= 15 is 0 Å². The number of hydrogen-bond donors (Lipinski definition) is 2. The maximum Gasteiger partial charge on any atom is 0.0865 e. The van der Waals surface area contributed by atoms with Crippen LogP contribution in [0, 0.1) is 0 Å². The van der Waals surface area contributed by atoms with Gasteiger partial charge in [0, 0.05) is 18.0 Å². The van der Waals surface area contributed by atoms with Crippen LogP contribution in [0.1, 0.15) is 0 Å². The van der Waals surface area contributed by atoms with E-state index in [1.807, 2.05) is 0 Å². The lowest BCUT2D eigenvalue weighted by atomic mass is 10.2. The van der Waals surface area contributed by atoms with Gasteiger partial charge in [0.25, 0.3) is 0 Å².